The highest BCUT2D eigenvalue weighted by Gasteiger charge is 2.07. The third-order valence-electron chi connectivity index (χ3n) is 2.91. The zero-order valence-electron chi connectivity index (χ0n) is 10.7. The fraction of sp³-hybridized carbons (Fsp3) is 0.0667. The molecule has 19 heavy (non-hydrogen) atoms. The van der Waals surface area contributed by atoms with Gasteiger partial charge in [0.2, 0.25) is 0 Å². The van der Waals surface area contributed by atoms with Crippen LogP contribution < -0.4 is 0 Å². The molecular formula is C15H15BO3. The van der Waals surface area contributed by atoms with Gasteiger partial charge in [0.05, 0.1) is 6.26 Å². The van der Waals surface area contributed by atoms with Gasteiger partial charge in [-0.15, -0.1) is 0 Å². The number of benzene rings is 2. The van der Waals surface area contributed by atoms with Gasteiger partial charge in [-0.3, -0.25) is 0 Å². The van der Waals surface area contributed by atoms with Crippen molar-refractivity contribution in [3.8, 4) is 11.1 Å². The van der Waals surface area contributed by atoms with Crippen LogP contribution in [0.25, 0.3) is 17.2 Å². The molecule has 0 heterocycles. The van der Waals surface area contributed by atoms with E-state index in [1.165, 1.54) is 6.26 Å². The van der Waals surface area contributed by atoms with Crippen LogP contribution in [0.1, 0.15) is 11.1 Å². The van der Waals surface area contributed by atoms with E-state index in [-0.39, 0.29) is 0 Å². The van der Waals surface area contributed by atoms with E-state index in [1.54, 1.807) is 6.08 Å². The van der Waals surface area contributed by atoms with Gasteiger partial charge in [0, 0.05) is 0 Å². The molecule has 2 aromatic rings. The Bertz CT molecular complexity index is 565. The molecule has 0 fully saturated rings. The van der Waals surface area contributed by atoms with Gasteiger partial charge < -0.3 is 14.7 Å². The van der Waals surface area contributed by atoms with Crippen LogP contribution in [0.4, 0.5) is 0 Å². The summed E-state index contributed by atoms with van der Waals surface area (Å²) in [6.45, 7) is 2.03. The maximum atomic E-state index is 8.61. The van der Waals surface area contributed by atoms with Gasteiger partial charge in [-0.25, -0.2) is 0 Å². The molecule has 0 saturated heterocycles. The molecule has 0 aliphatic carbocycles. The zero-order chi connectivity index (χ0) is 13.7. The Kier molecular flexibility index (Phi) is 4.39. The van der Waals surface area contributed by atoms with Crippen molar-refractivity contribution in [2.75, 3.05) is 0 Å². The zero-order valence-corrected chi connectivity index (χ0v) is 10.7. The average Bonchev–Trinajstić information content (AvgIpc) is 2.41. The normalized spacial score (nSPS) is 10.7. The summed E-state index contributed by atoms with van der Waals surface area (Å²) in [5, 5.41) is 17.2. The fourth-order valence-corrected chi connectivity index (χ4v) is 1.95. The molecule has 2 aromatic carbocycles. The smallest absolute Gasteiger partial charge is 0.518 e. The van der Waals surface area contributed by atoms with Crippen molar-refractivity contribution in [3.63, 3.8) is 0 Å². The summed E-state index contributed by atoms with van der Waals surface area (Å²) in [5.41, 5.74) is 4.38. The van der Waals surface area contributed by atoms with Crippen molar-refractivity contribution >= 4 is 13.4 Å². The maximum Gasteiger partial charge on any atom is 0.707 e. The average molecular weight is 254 g/mol. The number of hydrogen-bond acceptors (Lipinski definition) is 3. The summed E-state index contributed by atoms with van der Waals surface area (Å²) in [6.07, 6.45) is 2.99. The Balaban J connectivity index is 2.31. The summed E-state index contributed by atoms with van der Waals surface area (Å²) >= 11 is 0. The van der Waals surface area contributed by atoms with Crippen molar-refractivity contribution in [2.45, 2.75) is 6.92 Å². The lowest BCUT2D eigenvalue weighted by molar-refractivity contribution is 0.258. The van der Waals surface area contributed by atoms with E-state index in [4.69, 9.17) is 10.0 Å². The van der Waals surface area contributed by atoms with Crippen molar-refractivity contribution in [1.29, 1.82) is 0 Å². The van der Waals surface area contributed by atoms with Crippen LogP contribution in [-0.2, 0) is 4.65 Å². The van der Waals surface area contributed by atoms with E-state index in [0.29, 0.717) is 0 Å². The van der Waals surface area contributed by atoms with Gasteiger partial charge in [-0.1, -0.05) is 48.5 Å². The first-order valence-corrected chi connectivity index (χ1v) is 6.01. The van der Waals surface area contributed by atoms with E-state index in [9.17, 15) is 0 Å². The molecule has 0 bridgehead atoms. The minimum atomic E-state index is -1.78. The molecule has 0 spiro atoms. The summed E-state index contributed by atoms with van der Waals surface area (Å²) in [4.78, 5) is 0. The monoisotopic (exact) mass is 254 g/mol. The first-order chi connectivity index (χ1) is 9.18. The third kappa shape index (κ3) is 3.47. The predicted octanol–water partition coefficient (Wildman–Crippen LogP) is 2.62. The quantitative estimate of drug-likeness (QED) is 0.651. The summed E-state index contributed by atoms with van der Waals surface area (Å²) < 4.78 is 4.58. The molecule has 0 aromatic heterocycles. The largest absolute Gasteiger partial charge is 0.707 e. The van der Waals surface area contributed by atoms with Crippen molar-refractivity contribution < 1.29 is 14.7 Å². The van der Waals surface area contributed by atoms with Crippen LogP contribution in [0.2, 0.25) is 0 Å². The Labute approximate surface area is 113 Å². The SMILES string of the molecule is Cc1c(C=COB(O)O)cccc1-c1ccccc1. The Morgan fingerprint density at radius 2 is 1.74 bits per heavy atom. The molecule has 0 atom stereocenters. The van der Waals surface area contributed by atoms with Gasteiger partial charge in [-0.2, -0.15) is 0 Å². The number of hydrogen-bond donors (Lipinski definition) is 2. The van der Waals surface area contributed by atoms with Crippen LogP contribution in [0.5, 0.6) is 0 Å². The fourth-order valence-electron chi connectivity index (χ4n) is 1.95. The Morgan fingerprint density at radius 1 is 1.00 bits per heavy atom. The summed E-state index contributed by atoms with van der Waals surface area (Å²) in [5.74, 6) is 0. The standard InChI is InChI=1S/C15H15BO3/c1-12-13(10-11-19-16(17)18)8-5-9-15(12)14-6-3-2-4-7-14/h2-11,17-18H,1H3. The lowest BCUT2D eigenvalue weighted by Gasteiger charge is -2.09. The van der Waals surface area contributed by atoms with Crippen molar-refractivity contribution in [1.82, 2.24) is 0 Å². The van der Waals surface area contributed by atoms with Gasteiger partial charge in [0.1, 0.15) is 0 Å². The van der Waals surface area contributed by atoms with Gasteiger partial charge in [0.25, 0.3) is 0 Å². The number of rotatable bonds is 4. The second kappa shape index (κ2) is 6.23. The molecule has 0 amide bonds. The molecule has 96 valence electrons. The second-order valence-electron chi connectivity index (χ2n) is 4.15. The van der Waals surface area contributed by atoms with Crippen LogP contribution in [0.3, 0.4) is 0 Å². The molecule has 0 aliphatic heterocycles. The molecule has 4 heteroatoms. The van der Waals surface area contributed by atoms with Crippen molar-refractivity contribution in [2.24, 2.45) is 0 Å². The molecule has 2 N–H and O–H groups in total. The lowest BCUT2D eigenvalue weighted by Crippen LogP contribution is -2.12. The minimum Gasteiger partial charge on any atom is -0.518 e. The summed E-state index contributed by atoms with van der Waals surface area (Å²) in [6, 6.07) is 16.1. The molecule has 2 rings (SSSR count). The maximum absolute atomic E-state index is 8.61. The van der Waals surface area contributed by atoms with Gasteiger partial charge in [-0.05, 0) is 35.3 Å². The molecule has 0 aliphatic rings. The topological polar surface area (TPSA) is 49.7 Å². The predicted molar refractivity (Wildman–Crippen MR) is 76.9 cm³/mol. The van der Waals surface area contributed by atoms with Crippen LogP contribution in [-0.4, -0.2) is 17.4 Å². The first kappa shape index (κ1) is 13.4. The van der Waals surface area contributed by atoms with E-state index >= 15 is 0 Å². The molecular weight excluding hydrogens is 239 g/mol. The Hall–Kier alpha value is -2.04. The molecule has 0 unspecified atom stereocenters. The second-order valence-corrected chi connectivity index (χ2v) is 4.15. The highest BCUT2D eigenvalue weighted by Crippen LogP contribution is 2.26. The van der Waals surface area contributed by atoms with Crippen LogP contribution in [0.15, 0.2) is 54.8 Å². The lowest BCUT2D eigenvalue weighted by atomic mass is 9.96. The Morgan fingerprint density at radius 3 is 2.42 bits per heavy atom. The van der Waals surface area contributed by atoms with Crippen LogP contribution >= 0.6 is 0 Å². The highest BCUT2D eigenvalue weighted by molar-refractivity contribution is 6.32. The molecule has 0 saturated carbocycles. The molecule has 3 nitrogen and oxygen atoms in total. The van der Waals surface area contributed by atoms with E-state index in [1.807, 2.05) is 37.3 Å². The third-order valence-corrected chi connectivity index (χ3v) is 2.91. The molecule has 0 radical (unpaired) electrons. The highest BCUT2D eigenvalue weighted by atomic mass is 16.6. The van der Waals surface area contributed by atoms with Crippen molar-refractivity contribution in [3.05, 3.63) is 65.9 Å². The van der Waals surface area contributed by atoms with Gasteiger partial charge in [0.15, 0.2) is 0 Å². The van der Waals surface area contributed by atoms with E-state index < -0.39 is 7.32 Å². The van der Waals surface area contributed by atoms with E-state index in [2.05, 4.69) is 22.9 Å². The minimum absolute atomic E-state index is 0.974. The first-order valence-electron chi connectivity index (χ1n) is 6.01. The van der Waals surface area contributed by atoms with E-state index in [0.717, 1.165) is 22.3 Å². The summed E-state index contributed by atoms with van der Waals surface area (Å²) in [7, 11) is -1.78. The van der Waals surface area contributed by atoms with Gasteiger partial charge >= 0.3 is 7.32 Å². The van der Waals surface area contributed by atoms with Crippen LogP contribution in [0, 0.1) is 6.92 Å².